The molecule has 0 aromatic heterocycles. The SMILES string of the molecule is CCC1CCCCN1C[C@@H](O)CNS(=O)(=O)c1cccc2ccccc12. The average molecular weight is 377 g/mol. The van der Waals surface area contributed by atoms with Gasteiger partial charge in [0.25, 0.3) is 0 Å². The molecule has 1 saturated heterocycles. The lowest BCUT2D eigenvalue weighted by Gasteiger charge is -2.36. The fraction of sp³-hybridized carbons (Fsp3) is 0.500. The molecular formula is C20H28N2O3S. The molecule has 3 rings (SSSR count). The highest BCUT2D eigenvalue weighted by Gasteiger charge is 2.24. The fourth-order valence-electron chi connectivity index (χ4n) is 3.81. The normalized spacial score (nSPS) is 20.3. The van der Waals surface area contributed by atoms with E-state index in [1.54, 1.807) is 18.2 Å². The van der Waals surface area contributed by atoms with Crippen molar-refractivity contribution in [2.45, 2.75) is 49.6 Å². The number of aliphatic hydroxyl groups excluding tert-OH is 1. The number of likely N-dealkylation sites (tertiary alicyclic amines) is 1. The zero-order valence-electron chi connectivity index (χ0n) is 15.3. The minimum atomic E-state index is -3.67. The molecule has 26 heavy (non-hydrogen) atoms. The number of piperidine rings is 1. The summed E-state index contributed by atoms with van der Waals surface area (Å²) in [5, 5.41) is 11.9. The Bertz CT molecular complexity index is 833. The van der Waals surface area contributed by atoms with Crippen molar-refractivity contribution >= 4 is 20.8 Å². The van der Waals surface area contributed by atoms with Crippen LogP contribution < -0.4 is 4.72 Å². The molecule has 0 aliphatic carbocycles. The van der Waals surface area contributed by atoms with E-state index in [0.717, 1.165) is 31.2 Å². The first-order valence-corrected chi connectivity index (χ1v) is 10.9. The molecule has 5 nitrogen and oxygen atoms in total. The molecule has 6 heteroatoms. The van der Waals surface area contributed by atoms with Crippen LogP contribution in [0.4, 0.5) is 0 Å². The molecule has 142 valence electrons. The van der Waals surface area contributed by atoms with Crippen molar-refractivity contribution in [2.75, 3.05) is 19.6 Å². The number of aliphatic hydroxyl groups is 1. The molecule has 2 N–H and O–H groups in total. The van der Waals surface area contributed by atoms with Crippen LogP contribution in [-0.2, 0) is 10.0 Å². The van der Waals surface area contributed by atoms with E-state index in [1.165, 1.54) is 6.42 Å². The predicted octanol–water partition coefficient (Wildman–Crippen LogP) is 2.74. The van der Waals surface area contributed by atoms with E-state index in [4.69, 9.17) is 0 Å². The first kappa shape index (κ1) is 19.3. The van der Waals surface area contributed by atoms with E-state index < -0.39 is 16.1 Å². The number of nitrogens with zero attached hydrogens (tertiary/aromatic N) is 1. The molecule has 0 radical (unpaired) electrons. The minimum Gasteiger partial charge on any atom is -0.390 e. The summed E-state index contributed by atoms with van der Waals surface area (Å²) in [6.07, 6.45) is 3.88. The van der Waals surface area contributed by atoms with Gasteiger partial charge in [-0.05, 0) is 37.3 Å². The van der Waals surface area contributed by atoms with Crippen LogP contribution in [0.1, 0.15) is 32.6 Å². The quantitative estimate of drug-likeness (QED) is 0.780. The maximum absolute atomic E-state index is 12.7. The van der Waals surface area contributed by atoms with E-state index in [2.05, 4.69) is 16.5 Å². The Morgan fingerprint density at radius 3 is 2.77 bits per heavy atom. The molecular weight excluding hydrogens is 348 g/mol. The first-order valence-electron chi connectivity index (χ1n) is 9.41. The number of benzene rings is 2. The molecule has 2 aromatic carbocycles. The van der Waals surface area contributed by atoms with Crippen LogP contribution in [0, 0.1) is 0 Å². The van der Waals surface area contributed by atoms with Crippen LogP contribution in [-0.4, -0.2) is 50.2 Å². The molecule has 1 aliphatic heterocycles. The van der Waals surface area contributed by atoms with Crippen LogP contribution in [0.25, 0.3) is 10.8 Å². The van der Waals surface area contributed by atoms with E-state index in [1.807, 2.05) is 24.3 Å². The lowest BCUT2D eigenvalue weighted by Crippen LogP contribution is -2.46. The molecule has 1 aliphatic rings. The van der Waals surface area contributed by atoms with Crippen molar-refractivity contribution in [3.05, 3.63) is 42.5 Å². The molecule has 0 bridgehead atoms. The van der Waals surface area contributed by atoms with Crippen LogP contribution in [0.5, 0.6) is 0 Å². The Morgan fingerprint density at radius 1 is 1.19 bits per heavy atom. The molecule has 1 unspecified atom stereocenters. The smallest absolute Gasteiger partial charge is 0.241 e. The van der Waals surface area contributed by atoms with Crippen molar-refractivity contribution in [3.63, 3.8) is 0 Å². The summed E-state index contributed by atoms with van der Waals surface area (Å²) < 4.78 is 28.0. The molecule has 0 amide bonds. The first-order chi connectivity index (χ1) is 12.5. The zero-order chi connectivity index (χ0) is 18.6. The highest BCUT2D eigenvalue weighted by molar-refractivity contribution is 7.89. The standard InChI is InChI=1S/C20H28N2O3S/c1-2-17-10-5-6-13-22(17)15-18(23)14-21-26(24,25)20-12-7-9-16-8-3-4-11-19(16)20/h3-4,7-9,11-12,17-18,21,23H,2,5-6,10,13-15H2,1H3/t17?,18-/m0/s1. The summed E-state index contributed by atoms with van der Waals surface area (Å²) in [4.78, 5) is 2.55. The highest BCUT2D eigenvalue weighted by Crippen LogP contribution is 2.23. The van der Waals surface area contributed by atoms with Crippen LogP contribution in [0.2, 0.25) is 0 Å². The molecule has 0 saturated carbocycles. The number of rotatable bonds is 7. The van der Waals surface area contributed by atoms with E-state index in [9.17, 15) is 13.5 Å². The zero-order valence-corrected chi connectivity index (χ0v) is 16.1. The molecule has 0 spiro atoms. The predicted molar refractivity (Wildman–Crippen MR) is 105 cm³/mol. The molecule has 1 heterocycles. The Labute approximate surface area is 156 Å². The second kappa shape index (κ2) is 8.48. The van der Waals surface area contributed by atoms with Gasteiger partial charge in [-0.25, -0.2) is 13.1 Å². The Morgan fingerprint density at radius 2 is 1.96 bits per heavy atom. The van der Waals surface area contributed by atoms with Gasteiger partial charge in [-0.1, -0.05) is 49.7 Å². The lowest BCUT2D eigenvalue weighted by molar-refractivity contribution is 0.0683. The lowest BCUT2D eigenvalue weighted by atomic mass is 9.99. The fourth-order valence-corrected chi connectivity index (χ4v) is 5.11. The van der Waals surface area contributed by atoms with Gasteiger partial charge in [-0.15, -0.1) is 0 Å². The minimum absolute atomic E-state index is 0.0263. The van der Waals surface area contributed by atoms with Gasteiger partial charge < -0.3 is 5.11 Å². The summed E-state index contributed by atoms with van der Waals surface area (Å²) in [5.41, 5.74) is 0. The van der Waals surface area contributed by atoms with E-state index in [-0.39, 0.29) is 11.4 Å². The van der Waals surface area contributed by atoms with E-state index >= 15 is 0 Å². The van der Waals surface area contributed by atoms with Gasteiger partial charge in [0.15, 0.2) is 0 Å². The van der Waals surface area contributed by atoms with Gasteiger partial charge in [-0.3, -0.25) is 4.90 Å². The number of hydrogen-bond donors (Lipinski definition) is 2. The second-order valence-corrected chi connectivity index (χ2v) is 8.77. The Balaban J connectivity index is 1.66. The second-order valence-electron chi connectivity index (χ2n) is 7.04. The Hall–Kier alpha value is -1.47. The number of fused-ring (bicyclic) bond motifs is 1. The topological polar surface area (TPSA) is 69.6 Å². The summed E-state index contributed by atoms with van der Waals surface area (Å²) in [7, 11) is -3.67. The average Bonchev–Trinajstić information content (AvgIpc) is 2.66. The Kier molecular flexibility index (Phi) is 6.29. The maximum Gasteiger partial charge on any atom is 0.241 e. The highest BCUT2D eigenvalue weighted by atomic mass is 32.2. The summed E-state index contributed by atoms with van der Waals surface area (Å²) in [5.74, 6) is 0. The van der Waals surface area contributed by atoms with E-state index in [0.29, 0.717) is 18.0 Å². The largest absolute Gasteiger partial charge is 0.390 e. The van der Waals surface area contributed by atoms with Crippen molar-refractivity contribution in [1.29, 1.82) is 0 Å². The summed E-state index contributed by atoms with van der Waals surface area (Å²) in [6.45, 7) is 3.68. The van der Waals surface area contributed by atoms with Gasteiger partial charge in [0.05, 0.1) is 11.0 Å². The van der Waals surface area contributed by atoms with Crippen molar-refractivity contribution < 1.29 is 13.5 Å². The third kappa shape index (κ3) is 4.43. The number of hydrogen-bond acceptors (Lipinski definition) is 4. The van der Waals surface area contributed by atoms with Crippen LogP contribution >= 0.6 is 0 Å². The van der Waals surface area contributed by atoms with Crippen LogP contribution in [0.15, 0.2) is 47.4 Å². The van der Waals surface area contributed by atoms with Crippen molar-refractivity contribution in [1.82, 2.24) is 9.62 Å². The maximum atomic E-state index is 12.7. The van der Waals surface area contributed by atoms with Gasteiger partial charge in [0, 0.05) is 24.5 Å². The number of sulfonamides is 1. The summed E-state index contributed by atoms with van der Waals surface area (Å²) in [6, 6.07) is 13.2. The van der Waals surface area contributed by atoms with Gasteiger partial charge >= 0.3 is 0 Å². The van der Waals surface area contributed by atoms with Crippen molar-refractivity contribution in [3.8, 4) is 0 Å². The van der Waals surface area contributed by atoms with Gasteiger partial charge in [0.1, 0.15) is 0 Å². The molecule has 1 fully saturated rings. The molecule has 2 atom stereocenters. The van der Waals surface area contributed by atoms with Crippen LogP contribution in [0.3, 0.4) is 0 Å². The van der Waals surface area contributed by atoms with Gasteiger partial charge in [-0.2, -0.15) is 0 Å². The third-order valence-electron chi connectivity index (χ3n) is 5.21. The monoisotopic (exact) mass is 376 g/mol. The summed E-state index contributed by atoms with van der Waals surface area (Å²) >= 11 is 0. The molecule has 2 aromatic rings. The number of β-amino-alcohol motifs (C(OH)–C–C–N with tert-alkyl or cyclic N) is 1. The third-order valence-corrected chi connectivity index (χ3v) is 6.70. The number of nitrogens with one attached hydrogen (secondary N) is 1. The van der Waals surface area contributed by atoms with Gasteiger partial charge in [0.2, 0.25) is 10.0 Å². The van der Waals surface area contributed by atoms with Crippen molar-refractivity contribution in [2.24, 2.45) is 0 Å².